The number of amides is 1. The fourth-order valence-electron chi connectivity index (χ4n) is 10.9. The molecule has 0 aromatic heterocycles. The number of rotatable bonds is 66. The van der Waals surface area contributed by atoms with Gasteiger partial charge in [0.25, 0.3) is 0 Å². The zero-order chi connectivity index (χ0) is 57.7. The van der Waals surface area contributed by atoms with Crippen LogP contribution in [0.3, 0.4) is 0 Å². The minimum atomic E-state index is -4.35. The van der Waals surface area contributed by atoms with Crippen LogP contribution < -0.4 is 5.32 Å². The SMILES string of the molecule is CCCCCCCCCC/C=C\CCCCCCCCCCCCCCCCCCCCCCCC(=O)NC(COP(=O)(O)OCC[N+](C)(C)C)C(O)/C=C/CCCCCCCCCCCCCCCCCCCCCCCC. The van der Waals surface area contributed by atoms with Crippen molar-refractivity contribution in [3.05, 3.63) is 24.3 Å². The van der Waals surface area contributed by atoms with Gasteiger partial charge in [-0.25, -0.2) is 4.57 Å². The van der Waals surface area contributed by atoms with Gasteiger partial charge in [0.15, 0.2) is 0 Å². The monoisotopic (exact) mass is 1140 g/mol. The fourth-order valence-corrected chi connectivity index (χ4v) is 11.7. The van der Waals surface area contributed by atoms with Crippen molar-refractivity contribution in [3.63, 3.8) is 0 Å². The molecule has 9 heteroatoms. The van der Waals surface area contributed by atoms with E-state index in [9.17, 15) is 19.4 Å². The first kappa shape index (κ1) is 78.0. The molecule has 0 aliphatic carbocycles. The Hall–Kier alpha value is -1.02. The summed E-state index contributed by atoms with van der Waals surface area (Å²) in [6.45, 7) is 4.88. The van der Waals surface area contributed by atoms with Crippen molar-refractivity contribution < 1.29 is 32.9 Å². The number of carbonyl (C=O) groups is 1. The number of aliphatic hydroxyl groups is 1. The van der Waals surface area contributed by atoms with Gasteiger partial charge in [-0.2, -0.15) is 0 Å². The zero-order valence-electron chi connectivity index (χ0n) is 53.9. The summed E-state index contributed by atoms with van der Waals surface area (Å²) in [5.41, 5.74) is 0. The summed E-state index contributed by atoms with van der Waals surface area (Å²) in [5.74, 6) is -0.168. The number of hydrogen-bond acceptors (Lipinski definition) is 5. The van der Waals surface area contributed by atoms with E-state index < -0.39 is 20.0 Å². The number of nitrogens with zero attached hydrogens (tertiary/aromatic N) is 1. The van der Waals surface area contributed by atoms with Crippen LogP contribution in [0.15, 0.2) is 24.3 Å². The molecule has 0 bridgehead atoms. The summed E-state index contributed by atoms with van der Waals surface area (Å²) >= 11 is 0. The normalized spacial score (nSPS) is 13.8. The lowest BCUT2D eigenvalue weighted by molar-refractivity contribution is -0.870. The molecule has 0 aliphatic heterocycles. The van der Waals surface area contributed by atoms with Crippen LogP contribution in [0.2, 0.25) is 0 Å². The number of unbranched alkanes of at least 4 members (excludes halogenated alkanes) is 51. The molecular weight excluding hydrogens is 996 g/mol. The molecule has 3 N–H and O–H groups in total. The number of nitrogens with one attached hydrogen (secondary N) is 1. The Morgan fingerprint density at radius 2 is 0.684 bits per heavy atom. The van der Waals surface area contributed by atoms with Crippen molar-refractivity contribution in [1.82, 2.24) is 5.32 Å². The van der Waals surface area contributed by atoms with Crippen LogP contribution in [0.5, 0.6) is 0 Å². The molecule has 0 aromatic carbocycles. The van der Waals surface area contributed by atoms with E-state index in [1.807, 2.05) is 27.2 Å². The van der Waals surface area contributed by atoms with Gasteiger partial charge in [0.2, 0.25) is 5.91 Å². The average molecular weight is 1140 g/mol. The standard InChI is InChI=1S/C70H139N2O6P/c1-6-8-10-12-14-16-18-20-22-24-26-28-30-32-33-34-35-36-37-38-39-40-42-44-46-48-50-52-54-56-58-60-62-64-70(74)71-68(67-78-79(75,76)77-66-65-72(3,4)5)69(73)63-61-59-57-55-53-51-49-47-45-43-41-31-29-27-25-23-21-19-17-15-13-11-9-7-2/h24,26,61,63,68-69,73H,6-23,25,27-60,62,64-67H2,1-5H3,(H-,71,74,75,76)/p+1/b26-24-,63-61+. The molecule has 0 saturated carbocycles. The highest BCUT2D eigenvalue weighted by atomic mass is 31.2. The van der Waals surface area contributed by atoms with E-state index in [2.05, 4.69) is 31.3 Å². The predicted octanol–water partition coefficient (Wildman–Crippen LogP) is 22.3. The quantitative estimate of drug-likeness (QED) is 0.0243. The first-order chi connectivity index (χ1) is 38.5. The van der Waals surface area contributed by atoms with E-state index in [-0.39, 0.29) is 19.1 Å². The molecule has 0 aromatic rings. The van der Waals surface area contributed by atoms with Crippen LogP contribution in [-0.4, -0.2) is 73.4 Å². The molecule has 0 fully saturated rings. The van der Waals surface area contributed by atoms with Gasteiger partial charge in [-0.15, -0.1) is 0 Å². The lowest BCUT2D eigenvalue weighted by Crippen LogP contribution is -2.45. The van der Waals surface area contributed by atoms with Crippen molar-refractivity contribution in [1.29, 1.82) is 0 Å². The van der Waals surface area contributed by atoms with E-state index in [1.165, 1.54) is 315 Å². The Morgan fingerprint density at radius 3 is 0.975 bits per heavy atom. The van der Waals surface area contributed by atoms with Crippen LogP contribution in [0.1, 0.15) is 367 Å². The number of hydrogen-bond donors (Lipinski definition) is 3. The highest BCUT2D eigenvalue weighted by molar-refractivity contribution is 7.47. The van der Waals surface area contributed by atoms with Gasteiger partial charge in [-0.3, -0.25) is 13.8 Å². The third kappa shape index (κ3) is 64.4. The third-order valence-corrected chi connectivity index (χ3v) is 17.4. The molecule has 8 nitrogen and oxygen atoms in total. The van der Waals surface area contributed by atoms with Crippen molar-refractivity contribution in [2.75, 3.05) is 40.9 Å². The van der Waals surface area contributed by atoms with Gasteiger partial charge in [-0.05, 0) is 44.9 Å². The molecule has 470 valence electrons. The number of likely N-dealkylation sites (N-methyl/N-ethyl adjacent to an activating group) is 1. The van der Waals surface area contributed by atoms with E-state index in [0.717, 1.165) is 32.1 Å². The van der Waals surface area contributed by atoms with Gasteiger partial charge in [0.05, 0.1) is 39.9 Å². The van der Waals surface area contributed by atoms with E-state index in [1.54, 1.807) is 6.08 Å². The highest BCUT2D eigenvalue weighted by Gasteiger charge is 2.28. The number of allylic oxidation sites excluding steroid dienone is 3. The highest BCUT2D eigenvalue weighted by Crippen LogP contribution is 2.43. The minimum absolute atomic E-state index is 0.0646. The maximum atomic E-state index is 13.1. The Kier molecular flexibility index (Phi) is 60.7. The van der Waals surface area contributed by atoms with Gasteiger partial charge < -0.3 is 19.8 Å². The first-order valence-corrected chi connectivity index (χ1v) is 36.7. The summed E-state index contributed by atoms with van der Waals surface area (Å²) in [5, 5.41) is 14.0. The van der Waals surface area contributed by atoms with Crippen molar-refractivity contribution in [2.24, 2.45) is 0 Å². The molecule has 3 atom stereocenters. The van der Waals surface area contributed by atoms with Crippen molar-refractivity contribution in [3.8, 4) is 0 Å². The number of phosphoric ester groups is 1. The molecule has 0 saturated heterocycles. The zero-order valence-corrected chi connectivity index (χ0v) is 54.8. The maximum Gasteiger partial charge on any atom is 0.472 e. The van der Waals surface area contributed by atoms with Crippen LogP contribution in [0.25, 0.3) is 0 Å². The van der Waals surface area contributed by atoms with Crippen LogP contribution >= 0.6 is 7.82 Å². The average Bonchev–Trinajstić information content (AvgIpc) is 3.42. The van der Waals surface area contributed by atoms with E-state index >= 15 is 0 Å². The maximum absolute atomic E-state index is 13.1. The smallest absolute Gasteiger partial charge is 0.387 e. The number of aliphatic hydroxyl groups excluding tert-OH is 1. The van der Waals surface area contributed by atoms with Crippen molar-refractivity contribution in [2.45, 2.75) is 379 Å². The summed E-state index contributed by atoms with van der Waals surface area (Å²) in [4.78, 5) is 23.4. The Morgan fingerprint density at radius 1 is 0.418 bits per heavy atom. The molecule has 0 rings (SSSR count). The van der Waals surface area contributed by atoms with Gasteiger partial charge in [-0.1, -0.05) is 340 Å². The molecule has 0 radical (unpaired) electrons. The number of carbonyl (C=O) groups excluding carboxylic acids is 1. The van der Waals surface area contributed by atoms with E-state index in [0.29, 0.717) is 17.4 Å². The Labute approximate surface area is 494 Å². The molecule has 1 amide bonds. The summed E-state index contributed by atoms with van der Waals surface area (Å²) in [6.07, 6.45) is 80.4. The van der Waals surface area contributed by atoms with E-state index in [4.69, 9.17) is 9.05 Å². The van der Waals surface area contributed by atoms with Gasteiger partial charge >= 0.3 is 7.82 Å². The lowest BCUT2D eigenvalue weighted by atomic mass is 10.0. The summed E-state index contributed by atoms with van der Waals surface area (Å²) in [7, 11) is 1.59. The molecular formula is C70H140N2O6P+. The second kappa shape index (κ2) is 61.5. The molecule has 79 heavy (non-hydrogen) atoms. The first-order valence-electron chi connectivity index (χ1n) is 35.2. The summed E-state index contributed by atoms with van der Waals surface area (Å²) in [6, 6.07) is -0.845. The molecule has 3 unspecified atom stereocenters. The van der Waals surface area contributed by atoms with Crippen LogP contribution in [0.4, 0.5) is 0 Å². The largest absolute Gasteiger partial charge is 0.472 e. The van der Waals surface area contributed by atoms with Gasteiger partial charge in [0, 0.05) is 6.42 Å². The predicted molar refractivity (Wildman–Crippen MR) is 346 cm³/mol. The fraction of sp³-hybridized carbons (Fsp3) is 0.929. The third-order valence-electron chi connectivity index (χ3n) is 16.4. The minimum Gasteiger partial charge on any atom is -0.387 e. The Bertz CT molecular complexity index is 1340. The second-order valence-corrected chi connectivity index (χ2v) is 27.1. The molecule has 0 aliphatic rings. The van der Waals surface area contributed by atoms with Gasteiger partial charge in [0.1, 0.15) is 13.2 Å². The van der Waals surface area contributed by atoms with Crippen LogP contribution in [0, 0.1) is 0 Å². The second-order valence-electron chi connectivity index (χ2n) is 25.6. The topological polar surface area (TPSA) is 105 Å². The van der Waals surface area contributed by atoms with Crippen LogP contribution in [-0.2, 0) is 18.4 Å². The summed E-state index contributed by atoms with van der Waals surface area (Å²) < 4.78 is 23.8. The van der Waals surface area contributed by atoms with Crippen molar-refractivity contribution >= 4 is 13.7 Å². The number of phosphoric acid groups is 1. The Balaban J connectivity index is 4.01. The molecule has 0 heterocycles. The lowest BCUT2D eigenvalue weighted by Gasteiger charge is -2.25. The number of quaternary nitrogens is 1. The molecule has 0 spiro atoms.